The third kappa shape index (κ3) is 5.56. The smallest absolute Gasteiger partial charge is 0.355 e. The Hall–Kier alpha value is -3.37. The van der Waals surface area contributed by atoms with Gasteiger partial charge in [-0.15, -0.1) is 0 Å². The van der Waals surface area contributed by atoms with Gasteiger partial charge in [0.25, 0.3) is 5.91 Å². The minimum absolute atomic E-state index is 0.00643. The molecule has 12 heteroatoms. The van der Waals surface area contributed by atoms with Crippen molar-refractivity contribution in [1.82, 2.24) is 14.5 Å². The Labute approximate surface area is 224 Å². The molecule has 4 rings (SSSR count). The van der Waals surface area contributed by atoms with E-state index in [4.69, 9.17) is 9.79 Å². The highest BCUT2D eigenvalue weighted by Gasteiger charge is 2.51. The van der Waals surface area contributed by atoms with E-state index < -0.39 is 18.8 Å². The van der Waals surface area contributed by atoms with Crippen molar-refractivity contribution in [1.29, 1.82) is 0 Å². The van der Waals surface area contributed by atoms with Crippen LogP contribution in [0.4, 0.5) is 8.78 Å². The molecular weight excluding hydrogens is 583 g/mol. The van der Waals surface area contributed by atoms with Crippen molar-refractivity contribution in [3.63, 3.8) is 0 Å². The van der Waals surface area contributed by atoms with Gasteiger partial charge in [0.15, 0.2) is 0 Å². The Bertz CT molecular complexity index is 1580. The van der Waals surface area contributed by atoms with Crippen molar-refractivity contribution in [2.24, 2.45) is 0 Å². The molecular formula is C26H23BrF2N3O5P. The highest BCUT2D eigenvalue weighted by Crippen LogP contribution is 2.60. The lowest BCUT2D eigenvalue weighted by Crippen LogP contribution is -2.25. The number of carbonyl (C=O) groups excluding carboxylic acids is 1. The van der Waals surface area contributed by atoms with E-state index in [1.807, 2.05) is 30.3 Å². The second-order valence-electron chi connectivity index (χ2n) is 8.55. The van der Waals surface area contributed by atoms with Gasteiger partial charge in [0.1, 0.15) is 0 Å². The van der Waals surface area contributed by atoms with Crippen molar-refractivity contribution in [2.45, 2.75) is 18.8 Å². The number of alkyl halides is 2. The topological polar surface area (TPSA) is 114 Å². The third-order valence-electron chi connectivity index (χ3n) is 5.98. The molecule has 1 aromatic heterocycles. The number of aromatic nitrogens is 2. The Balaban J connectivity index is 1.76. The van der Waals surface area contributed by atoms with Crippen LogP contribution in [0, 0.1) is 0 Å². The molecule has 198 valence electrons. The fourth-order valence-corrected chi connectivity index (χ4v) is 5.32. The number of carbonyl (C=O) groups is 1. The second-order valence-corrected chi connectivity index (χ2v) is 11.1. The van der Waals surface area contributed by atoms with Crippen LogP contribution in [0.1, 0.15) is 27.0 Å². The van der Waals surface area contributed by atoms with Gasteiger partial charge in [-0.1, -0.05) is 70.5 Å². The summed E-state index contributed by atoms with van der Waals surface area (Å²) in [6.07, 6.45) is 1.69. The molecule has 3 aromatic carbocycles. The van der Waals surface area contributed by atoms with Crippen LogP contribution >= 0.6 is 23.5 Å². The Kier molecular flexibility index (Phi) is 7.85. The molecule has 1 heterocycles. The number of amides is 1. The third-order valence-corrected chi connectivity index (χ3v) is 7.60. The predicted molar refractivity (Wildman–Crippen MR) is 142 cm³/mol. The molecule has 8 nitrogen and oxygen atoms in total. The molecule has 0 saturated heterocycles. The van der Waals surface area contributed by atoms with E-state index in [0.717, 1.165) is 11.6 Å². The molecule has 0 aliphatic heterocycles. The summed E-state index contributed by atoms with van der Waals surface area (Å²) in [5, 5.41) is 2.55. The van der Waals surface area contributed by atoms with Crippen LogP contribution in [0.5, 0.6) is 0 Å². The Morgan fingerprint density at radius 2 is 1.66 bits per heavy atom. The van der Waals surface area contributed by atoms with Crippen LogP contribution in [0.3, 0.4) is 0 Å². The maximum Gasteiger partial charge on any atom is 0.399 e. The number of nitrogens with one attached hydrogen (secondary N) is 1. The van der Waals surface area contributed by atoms with Gasteiger partial charge in [-0.05, 0) is 34.9 Å². The average Bonchev–Trinajstić information content (AvgIpc) is 3.18. The molecule has 0 fully saturated rings. The summed E-state index contributed by atoms with van der Waals surface area (Å²) in [6, 6.07) is 19.6. The molecule has 3 N–H and O–H groups in total. The quantitative estimate of drug-likeness (QED) is 0.251. The monoisotopic (exact) mass is 605 g/mol. The SMILES string of the molecule is CNC(=O)c1ccc(-c2cn(Cc3ccccc3)c(=O)n2Cc2ccc(C(F)(F)P(=O)(O)O)c(Br)c2)cc1. The van der Waals surface area contributed by atoms with Crippen LogP contribution < -0.4 is 11.0 Å². The molecule has 0 atom stereocenters. The number of rotatable bonds is 8. The standard InChI is InChI=1S/C26H23BrF2N3O5P/c1-30-24(33)20-10-8-19(9-11-20)23-16-31(14-17-5-3-2-4-6-17)25(34)32(23)15-18-7-12-21(22(27)13-18)26(28,29)38(35,36)37/h2-13,16H,14-15H2,1H3,(H,30,33)(H2,35,36,37). The van der Waals surface area contributed by atoms with Gasteiger partial charge < -0.3 is 15.1 Å². The predicted octanol–water partition coefficient (Wildman–Crippen LogP) is 4.76. The number of hydrogen-bond acceptors (Lipinski definition) is 3. The highest BCUT2D eigenvalue weighted by molar-refractivity contribution is 9.10. The molecule has 0 aliphatic rings. The minimum Gasteiger partial charge on any atom is -0.355 e. The summed E-state index contributed by atoms with van der Waals surface area (Å²) in [4.78, 5) is 43.6. The molecule has 0 unspecified atom stereocenters. The maximum absolute atomic E-state index is 14.3. The van der Waals surface area contributed by atoms with Gasteiger partial charge in [-0.25, -0.2) is 4.79 Å². The lowest BCUT2D eigenvalue weighted by atomic mass is 10.1. The summed E-state index contributed by atoms with van der Waals surface area (Å²) in [5.74, 6) is -0.257. The highest BCUT2D eigenvalue weighted by atomic mass is 79.9. The molecule has 0 saturated carbocycles. The molecule has 0 spiro atoms. The van der Waals surface area contributed by atoms with E-state index in [9.17, 15) is 22.9 Å². The maximum atomic E-state index is 14.3. The zero-order valence-corrected chi connectivity index (χ0v) is 22.5. The first kappa shape index (κ1) is 27.7. The van der Waals surface area contributed by atoms with E-state index in [-0.39, 0.29) is 22.6 Å². The van der Waals surface area contributed by atoms with Gasteiger partial charge in [-0.2, -0.15) is 8.78 Å². The van der Waals surface area contributed by atoms with Crippen molar-refractivity contribution in [3.05, 3.63) is 116 Å². The first-order valence-electron chi connectivity index (χ1n) is 11.3. The van der Waals surface area contributed by atoms with Gasteiger partial charge in [-0.3, -0.25) is 18.5 Å². The lowest BCUT2D eigenvalue weighted by molar-refractivity contribution is 0.0557. The molecule has 0 radical (unpaired) electrons. The molecule has 4 aromatic rings. The minimum atomic E-state index is -5.75. The van der Waals surface area contributed by atoms with Gasteiger partial charge in [0.05, 0.1) is 18.8 Å². The van der Waals surface area contributed by atoms with Crippen molar-refractivity contribution < 1.29 is 27.9 Å². The van der Waals surface area contributed by atoms with E-state index in [1.54, 1.807) is 30.5 Å². The number of hydrogen-bond donors (Lipinski definition) is 3. The summed E-state index contributed by atoms with van der Waals surface area (Å²) in [7, 11) is -4.22. The summed E-state index contributed by atoms with van der Waals surface area (Å²) < 4.78 is 42.7. The Morgan fingerprint density at radius 1 is 1.00 bits per heavy atom. The van der Waals surface area contributed by atoms with Crippen molar-refractivity contribution in [3.8, 4) is 11.3 Å². The second kappa shape index (κ2) is 10.8. The fourth-order valence-electron chi connectivity index (χ4n) is 3.98. The van der Waals surface area contributed by atoms with Crippen LogP contribution in [0.15, 0.2) is 88.3 Å². The molecule has 0 aliphatic carbocycles. The van der Waals surface area contributed by atoms with E-state index in [2.05, 4.69) is 21.2 Å². The average molecular weight is 606 g/mol. The van der Waals surface area contributed by atoms with Gasteiger partial charge in [0.2, 0.25) is 0 Å². The number of halogens is 3. The van der Waals surface area contributed by atoms with Crippen molar-refractivity contribution in [2.75, 3.05) is 7.05 Å². The first-order valence-corrected chi connectivity index (χ1v) is 13.7. The fraction of sp³-hybridized carbons (Fsp3) is 0.154. The van der Waals surface area contributed by atoms with Crippen LogP contribution in [-0.4, -0.2) is 31.9 Å². The summed E-state index contributed by atoms with van der Waals surface area (Å²) >= 11 is 2.99. The van der Waals surface area contributed by atoms with Crippen LogP contribution in [-0.2, 0) is 23.3 Å². The first-order chi connectivity index (χ1) is 17.9. The lowest BCUT2D eigenvalue weighted by Gasteiger charge is -2.19. The van der Waals surface area contributed by atoms with Crippen molar-refractivity contribution >= 4 is 29.4 Å². The van der Waals surface area contributed by atoms with Crippen LogP contribution in [0.2, 0.25) is 0 Å². The van der Waals surface area contributed by atoms with Gasteiger partial charge >= 0.3 is 18.9 Å². The largest absolute Gasteiger partial charge is 0.399 e. The normalized spacial score (nSPS) is 11.9. The molecule has 38 heavy (non-hydrogen) atoms. The van der Waals surface area contributed by atoms with E-state index in [0.29, 0.717) is 28.9 Å². The zero-order chi connectivity index (χ0) is 27.7. The summed E-state index contributed by atoms with van der Waals surface area (Å²) in [6.45, 7) is 0.292. The molecule has 1 amide bonds. The summed E-state index contributed by atoms with van der Waals surface area (Å²) in [5.41, 5.74) is -2.59. The number of benzene rings is 3. The zero-order valence-electron chi connectivity index (χ0n) is 20.0. The molecule has 0 bridgehead atoms. The van der Waals surface area contributed by atoms with E-state index in [1.165, 1.54) is 28.3 Å². The number of nitrogens with zero attached hydrogens (tertiary/aromatic N) is 2. The Morgan fingerprint density at radius 3 is 2.24 bits per heavy atom. The van der Waals surface area contributed by atoms with Crippen LogP contribution in [0.25, 0.3) is 11.3 Å². The number of imidazole rings is 1. The van der Waals surface area contributed by atoms with E-state index >= 15 is 0 Å². The van der Waals surface area contributed by atoms with Gasteiger partial charge in [0, 0.05) is 28.8 Å².